The first-order valence-corrected chi connectivity index (χ1v) is 8.84. The fourth-order valence-electron chi connectivity index (χ4n) is 2.48. The summed E-state index contributed by atoms with van der Waals surface area (Å²) in [6.07, 6.45) is -4.39. The maximum atomic E-state index is 12.6. The molecule has 0 saturated carbocycles. The third-order valence-electron chi connectivity index (χ3n) is 3.88. The number of anilines is 1. The number of hydrogen-bond donors (Lipinski definition) is 1. The highest BCUT2D eigenvalue weighted by Crippen LogP contribution is 2.30. The number of fused-ring (bicyclic) bond motifs is 1. The first-order valence-electron chi connectivity index (χ1n) is 7.96. The van der Waals surface area contributed by atoms with Crippen LogP contribution >= 0.6 is 11.8 Å². The summed E-state index contributed by atoms with van der Waals surface area (Å²) in [7, 11) is 0. The van der Waals surface area contributed by atoms with Gasteiger partial charge in [0.05, 0.1) is 10.8 Å². The number of benzene rings is 3. The lowest BCUT2D eigenvalue weighted by Gasteiger charge is -2.13. The Morgan fingerprint density at radius 3 is 2.27 bits per heavy atom. The Balaban J connectivity index is 1.65. The van der Waals surface area contributed by atoms with Crippen molar-refractivity contribution >= 4 is 34.1 Å². The summed E-state index contributed by atoms with van der Waals surface area (Å²) in [5.41, 5.74) is -0.400. The monoisotopic (exact) mass is 375 g/mol. The van der Waals surface area contributed by atoms with Crippen molar-refractivity contribution in [3.63, 3.8) is 0 Å². The first kappa shape index (κ1) is 18.3. The van der Waals surface area contributed by atoms with Crippen molar-refractivity contribution in [2.75, 3.05) is 5.32 Å². The minimum Gasteiger partial charge on any atom is -0.325 e. The number of thioether (sulfide) groups is 1. The van der Waals surface area contributed by atoms with Crippen LogP contribution in [-0.2, 0) is 11.0 Å². The Morgan fingerprint density at radius 2 is 1.62 bits per heavy atom. The second-order valence-electron chi connectivity index (χ2n) is 5.83. The van der Waals surface area contributed by atoms with E-state index < -0.39 is 17.0 Å². The summed E-state index contributed by atoms with van der Waals surface area (Å²) in [5, 5.41) is 4.47. The van der Waals surface area contributed by atoms with Crippen LogP contribution in [0.5, 0.6) is 0 Å². The fourth-order valence-corrected chi connectivity index (χ4v) is 3.40. The van der Waals surface area contributed by atoms with Crippen LogP contribution in [0.2, 0.25) is 0 Å². The number of amides is 1. The van der Waals surface area contributed by atoms with Gasteiger partial charge >= 0.3 is 6.18 Å². The molecule has 0 aliphatic rings. The van der Waals surface area contributed by atoms with E-state index >= 15 is 0 Å². The normalized spacial score (nSPS) is 12.8. The highest BCUT2D eigenvalue weighted by molar-refractivity contribution is 8.00. The highest BCUT2D eigenvalue weighted by atomic mass is 32.2. The lowest BCUT2D eigenvalue weighted by atomic mass is 10.1. The molecule has 6 heteroatoms. The number of carbonyl (C=O) groups excluding carboxylic acids is 1. The van der Waals surface area contributed by atoms with Gasteiger partial charge in [-0.1, -0.05) is 30.3 Å². The SMILES string of the molecule is C[C@H](Sc1ccc2ccccc2c1)C(=O)Nc1ccc(C(F)(F)F)cc1. The van der Waals surface area contributed by atoms with Crippen LogP contribution in [0.25, 0.3) is 10.8 Å². The number of halogens is 3. The largest absolute Gasteiger partial charge is 0.416 e. The summed E-state index contributed by atoms with van der Waals surface area (Å²) in [5.74, 6) is -0.261. The maximum Gasteiger partial charge on any atom is 0.416 e. The molecule has 1 amide bonds. The molecule has 1 N–H and O–H groups in total. The fraction of sp³-hybridized carbons (Fsp3) is 0.150. The predicted octanol–water partition coefficient (Wildman–Crippen LogP) is 5.98. The molecule has 0 unspecified atom stereocenters. The molecule has 3 rings (SSSR count). The zero-order chi connectivity index (χ0) is 18.7. The molecule has 0 saturated heterocycles. The van der Waals surface area contributed by atoms with Gasteiger partial charge in [0.25, 0.3) is 0 Å². The molecule has 134 valence electrons. The van der Waals surface area contributed by atoms with Gasteiger partial charge in [0.1, 0.15) is 0 Å². The molecule has 0 heterocycles. The van der Waals surface area contributed by atoms with Gasteiger partial charge in [0, 0.05) is 10.6 Å². The molecular formula is C20H16F3NOS. The zero-order valence-corrected chi connectivity index (χ0v) is 14.7. The summed E-state index contributed by atoms with van der Waals surface area (Å²) in [6, 6.07) is 18.3. The van der Waals surface area contributed by atoms with E-state index in [-0.39, 0.29) is 5.91 Å². The van der Waals surface area contributed by atoms with Gasteiger partial charge in [-0.15, -0.1) is 11.8 Å². The van der Waals surface area contributed by atoms with Crippen molar-refractivity contribution in [2.45, 2.75) is 23.2 Å². The molecule has 0 spiro atoms. The van der Waals surface area contributed by atoms with Gasteiger partial charge in [-0.2, -0.15) is 13.2 Å². The standard InChI is InChI=1S/C20H16F3NOS/c1-13(26-18-11-6-14-4-2-3-5-15(14)12-18)19(25)24-17-9-7-16(8-10-17)20(21,22)23/h2-13H,1H3,(H,24,25)/t13-/m0/s1. The topological polar surface area (TPSA) is 29.1 Å². The second-order valence-corrected chi connectivity index (χ2v) is 7.25. The number of carbonyl (C=O) groups is 1. The van der Waals surface area contributed by atoms with Crippen LogP contribution in [0.3, 0.4) is 0 Å². The predicted molar refractivity (Wildman–Crippen MR) is 99.3 cm³/mol. The van der Waals surface area contributed by atoms with Crippen LogP contribution in [-0.4, -0.2) is 11.2 Å². The second kappa shape index (κ2) is 7.41. The summed E-state index contributed by atoms with van der Waals surface area (Å²) in [6.45, 7) is 1.76. The average Bonchev–Trinajstić information content (AvgIpc) is 2.61. The van der Waals surface area contributed by atoms with Gasteiger partial charge in [-0.3, -0.25) is 4.79 Å². The van der Waals surface area contributed by atoms with Crippen molar-refractivity contribution < 1.29 is 18.0 Å². The lowest BCUT2D eigenvalue weighted by molar-refractivity contribution is -0.137. The third-order valence-corrected chi connectivity index (χ3v) is 4.98. The number of hydrogen-bond acceptors (Lipinski definition) is 2. The van der Waals surface area contributed by atoms with Crippen molar-refractivity contribution in [2.24, 2.45) is 0 Å². The lowest BCUT2D eigenvalue weighted by Crippen LogP contribution is -2.22. The molecule has 0 fully saturated rings. The number of alkyl halides is 3. The van der Waals surface area contributed by atoms with Crippen molar-refractivity contribution in [3.05, 3.63) is 72.3 Å². The molecule has 3 aromatic rings. The molecule has 2 nitrogen and oxygen atoms in total. The first-order chi connectivity index (χ1) is 12.3. The van der Waals surface area contributed by atoms with Crippen molar-refractivity contribution in [1.82, 2.24) is 0 Å². The van der Waals surface area contributed by atoms with E-state index in [4.69, 9.17) is 0 Å². The van der Waals surface area contributed by atoms with Gasteiger partial charge in [0.2, 0.25) is 5.91 Å². The van der Waals surface area contributed by atoms with E-state index in [1.54, 1.807) is 6.92 Å². The minimum atomic E-state index is -4.39. The minimum absolute atomic E-state index is 0.261. The highest BCUT2D eigenvalue weighted by Gasteiger charge is 2.30. The molecular weight excluding hydrogens is 359 g/mol. The molecule has 0 aliphatic carbocycles. The Morgan fingerprint density at radius 1 is 0.962 bits per heavy atom. The van der Waals surface area contributed by atoms with Crippen LogP contribution < -0.4 is 5.32 Å². The quantitative estimate of drug-likeness (QED) is 0.569. The van der Waals surface area contributed by atoms with Crippen LogP contribution in [0, 0.1) is 0 Å². The smallest absolute Gasteiger partial charge is 0.325 e. The van der Waals surface area contributed by atoms with E-state index in [0.717, 1.165) is 27.8 Å². The molecule has 0 aromatic heterocycles. The summed E-state index contributed by atoms with van der Waals surface area (Å²) in [4.78, 5) is 13.3. The van der Waals surface area contributed by atoms with Crippen molar-refractivity contribution in [1.29, 1.82) is 0 Å². The van der Waals surface area contributed by atoms with Crippen molar-refractivity contribution in [3.8, 4) is 0 Å². The van der Waals surface area contributed by atoms with Crippen LogP contribution in [0.4, 0.5) is 18.9 Å². The van der Waals surface area contributed by atoms with E-state index in [1.165, 1.54) is 23.9 Å². The van der Waals surface area contributed by atoms with Gasteiger partial charge in [-0.25, -0.2) is 0 Å². The third kappa shape index (κ3) is 4.38. The molecule has 3 aromatic carbocycles. The van der Waals surface area contributed by atoms with Gasteiger partial charge < -0.3 is 5.32 Å². The van der Waals surface area contributed by atoms with Crippen LogP contribution in [0.1, 0.15) is 12.5 Å². The molecule has 0 aliphatic heterocycles. The molecule has 26 heavy (non-hydrogen) atoms. The Kier molecular flexibility index (Phi) is 5.23. The van der Waals surface area contributed by atoms with E-state index in [9.17, 15) is 18.0 Å². The van der Waals surface area contributed by atoms with Gasteiger partial charge in [0.15, 0.2) is 0 Å². The number of rotatable bonds is 4. The van der Waals surface area contributed by atoms with E-state index in [1.807, 2.05) is 42.5 Å². The Labute approximate surface area is 153 Å². The van der Waals surface area contributed by atoms with E-state index in [0.29, 0.717) is 5.69 Å². The summed E-state index contributed by atoms with van der Waals surface area (Å²) < 4.78 is 37.7. The molecule has 0 radical (unpaired) electrons. The van der Waals surface area contributed by atoms with Crippen LogP contribution in [0.15, 0.2) is 71.6 Å². The maximum absolute atomic E-state index is 12.6. The Hall–Kier alpha value is -2.47. The summed E-state index contributed by atoms with van der Waals surface area (Å²) >= 11 is 1.40. The Bertz CT molecular complexity index is 922. The van der Waals surface area contributed by atoms with Gasteiger partial charge in [-0.05, 0) is 54.1 Å². The average molecular weight is 375 g/mol. The zero-order valence-electron chi connectivity index (χ0n) is 13.9. The molecule has 0 bridgehead atoms. The molecule has 1 atom stereocenters. The number of nitrogens with one attached hydrogen (secondary N) is 1. The van der Waals surface area contributed by atoms with E-state index in [2.05, 4.69) is 5.32 Å².